The van der Waals surface area contributed by atoms with E-state index in [4.69, 9.17) is 0 Å². The molecule has 6 heterocycles. The van der Waals surface area contributed by atoms with Crippen molar-refractivity contribution in [1.82, 2.24) is 29.1 Å². The van der Waals surface area contributed by atoms with Crippen LogP contribution in [0.1, 0.15) is 22.3 Å². The Morgan fingerprint density at radius 1 is 0.477 bits per heavy atom. The van der Waals surface area contributed by atoms with Gasteiger partial charge in [0, 0.05) is 35.9 Å². The van der Waals surface area contributed by atoms with Crippen LogP contribution in [0.4, 0.5) is 0 Å². The summed E-state index contributed by atoms with van der Waals surface area (Å²) >= 11 is 0. The monoisotopic (exact) mass is 576 g/mol. The van der Waals surface area contributed by atoms with Gasteiger partial charge in [0.15, 0.2) is 0 Å². The summed E-state index contributed by atoms with van der Waals surface area (Å²) in [5.74, 6) is 0. The molecule has 0 amide bonds. The standard InChI is InChI=1S/C36H32N8/c1-3-14-37-33(8-1)35-12-10-31(21-39-35)25-43-18-16-41(27-43)23-29-6-5-7-30(20-29)24-42-17-19-44(28-42)26-32-11-13-36(40-22-32)34-9-2-4-15-38-34/h1-22,27-28H,23-26H2/q+2. The minimum Gasteiger partial charge on any atom is -0.255 e. The van der Waals surface area contributed by atoms with Crippen molar-refractivity contribution < 1.29 is 9.13 Å². The van der Waals surface area contributed by atoms with Crippen LogP contribution in [0.25, 0.3) is 22.8 Å². The lowest BCUT2D eigenvalue weighted by atomic mass is 10.1. The molecule has 0 saturated heterocycles. The summed E-state index contributed by atoms with van der Waals surface area (Å²) in [6.45, 7) is 3.15. The van der Waals surface area contributed by atoms with Gasteiger partial charge in [-0.1, -0.05) is 42.5 Å². The van der Waals surface area contributed by atoms with Gasteiger partial charge in [-0.15, -0.1) is 0 Å². The fraction of sp³-hybridized carbons (Fsp3) is 0.111. The number of hydrogen-bond donors (Lipinski definition) is 0. The lowest BCUT2D eigenvalue weighted by Gasteiger charge is -2.03. The Labute approximate surface area is 256 Å². The fourth-order valence-corrected chi connectivity index (χ4v) is 5.29. The van der Waals surface area contributed by atoms with E-state index in [0.717, 1.165) is 60.1 Å². The second-order valence-corrected chi connectivity index (χ2v) is 10.9. The average Bonchev–Trinajstić information content (AvgIpc) is 3.71. The van der Waals surface area contributed by atoms with E-state index >= 15 is 0 Å². The molecule has 0 saturated carbocycles. The Balaban J connectivity index is 0.945. The van der Waals surface area contributed by atoms with Gasteiger partial charge in [0.25, 0.3) is 0 Å². The molecule has 0 spiro atoms. The summed E-state index contributed by atoms with van der Waals surface area (Å²) in [6, 6.07) is 28.8. The third-order valence-electron chi connectivity index (χ3n) is 7.45. The molecule has 7 rings (SSSR count). The van der Waals surface area contributed by atoms with Crippen LogP contribution in [0.2, 0.25) is 0 Å². The van der Waals surface area contributed by atoms with Crippen LogP contribution in [0, 0.1) is 0 Å². The third kappa shape index (κ3) is 6.65. The number of nitrogens with zero attached hydrogens (tertiary/aromatic N) is 8. The summed E-state index contributed by atoms with van der Waals surface area (Å²) in [5.41, 5.74) is 8.38. The van der Waals surface area contributed by atoms with E-state index in [1.807, 2.05) is 60.9 Å². The van der Waals surface area contributed by atoms with E-state index in [2.05, 4.69) is 112 Å². The number of aromatic nitrogens is 8. The summed E-state index contributed by atoms with van der Waals surface area (Å²) in [7, 11) is 0. The molecule has 0 fully saturated rings. The summed E-state index contributed by atoms with van der Waals surface area (Å²) in [6.07, 6.45) is 20.2. The molecular weight excluding hydrogens is 544 g/mol. The zero-order valence-electron chi connectivity index (χ0n) is 24.3. The second kappa shape index (κ2) is 12.6. The lowest BCUT2D eigenvalue weighted by Crippen LogP contribution is -2.31. The minimum atomic E-state index is 0.764. The number of rotatable bonds is 10. The van der Waals surface area contributed by atoms with Gasteiger partial charge in [-0.2, -0.15) is 0 Å². The molecule has 214 valence electrons. The van der Waals surface area contributed by atoms with Gasteiger partial charge in [-0.25, -0.2) is 18.3 Å². The van der Waals surface area contributed by atoms with Crippen LogP contribution >= 0.6 is 0 Å². The first kappa shape index (κ1) is 27.1. The van der Waals surface area contributed by atoms with Gasteiger partial charge < -0.3 is 0 Å². The quantitative estimate of drug-likeness (QED) is 0.216. The molecule has 0 aliphatic rings. The first-order valence-electron chi connectivity index (χ1n) is 14.6. The van der Waals surface area contributed by atoms with E-state index in [9.17, 15) is 0 Å². The number of imidazole rings is 2. The molecule has 0 atom stereocenters. The normalized spacial score (nSPS) is 11.1. The summed E-state index contributed by atoms with van der Waals surface area (Å²) < 4.78 is 8.79. The molecular formula is C36H32N8+2. The third-order valence-corrected chi connectivity index (χ3v) is 7.45. The van der Waals surface area contributed by atoms with E-state index < -0.39 is 0 Å². The first-order valence-corrected chi connectivity index (χ1v) is 14.6. The highest BCUT2D eigenvalue weighted by Gasteiger charge is 2.10. The molecule has 0 aliphatic heterocycles. The van der Waals surface area contributed by atoms with Crippen LogP contribution in [0.15, 0.2) is 147 Å². The molecule has 1 aromatic carbocycles. The molecule has 0 N–H and O–H groups in total. The first-order chi connectivity index (χ1) is 21.7. The van der Waals surface area contributed by atoms with Gasteiger partial charge >= 0.3 is 0 Å². The molecule has 0 unspecified atom stereocenters. The van der Waals surface area contributed by atoms with Gasteiger partial charge in [-0.05, 0) is 53.6 Å². The van der Waals surface area contributed by atoms with Crippen LogP contribution in [0.3, 0.4) is 0 Å². The highest BCUT2D eigenvalue weighted by atomic mass is 15.1. The Morgan fingerprint density at radius 3 is 1.41 bits per heavy atom. The van der Waals surface area contributed by atoms with Crippen molar-refractivity contribution in [2.45, 2.75) is 26.2 Å². The molecule has 0 radical (unpaired) electrons. The Morgan fingerprint density at radius 2 is 0.977 bits per heavy atom. The molecule has 7 aromatic rings. The van der Waals surface area contributed by atoms with Gasteiger partial charge in [0.05, 0.1) is 22.8 Å². The smallest absolute Gasteiger partial charge is 0.244 e. The summed E-state index contributed by atoms with van der Waals surface area (Å²) in [4.78, 5) is 18.0. The highest BCUT2D eigenvalue weighted by molar-refractivity contribution is 5.54. The molecule has 0 bridgehead atoms. The summed E-state index contributed by atoms with van der Waals surface area (Å²) in [5, 5.41) is 0. The van der Waals surface area contributed by atoms with Crippen molar-refractivity contribution >= 4 is 0 Å². The van der Waals surface area contributed by atoms with E-state index in [1.54, 1.807) is 12.4 Å². The van der Waals surface area contributed by atoms with Gasteiger partial charge in [0.2, 0.25) is 12.7 Å². The van der Waals surface area contributed by atoms with E-state index in [1.165, 1.54) is 11.1 Å². The zero-order chi connectivity index (χ0) is 29.6. The highest BCUT2D eigenvalue weighted by Crippen LogP contribution is 2.15. The Hall–Kier alpha value is -5.76. The van der Waals surface area contributed by atoms with Crippen molar-refractivity contribution in [2.75, 3.05) is 0 Å². The second-order valence-electron chi connectivity index (χ2n) is 10.9. The number of pyridine rings is 4. The lowest BCUT2D eigenvalue weighted by molar-refractivity contribution is -0.688. The maximum atomic E-state index is 4.61. The molecule has 6 aromatic heterocycles. The molecule has 44 heavy (non-hydrogen) atoms. The van der Waals surface area contributed by atoms with E-state index in [-0.39, 0.29) is 0 Å². The number of hydrogen-bond acceptors (Lipinski definition) is 4. The minimum absolute atomic E-state index is 0.764. The molecule has 8 heteroatoms. The van der Waals surface area contributed by atoms with Gasteiger partial charge in [-0.3, -0.25) is 19.9 Å². The maximum Gasteiger partial charge on any atom is 0.244 e. The molecule has 8 nitrogen and oxygen atoms in total. The van der Waals surface area contributed by atoms with Crippen LogP contribution in [-0.4, -0.2) is 29.1 Å². The van der Waals surface area contributed by atoms with Crippen LogP contribution < -0.4 is 9.13 Å². The average molecular weight is 577 g/mol. The SMILES string of the molecule is c1ccc(-c2ccc(C[n+]3ccn(Cc4cccc(Cn5cc[n+](Cc6ccc(-c7ccccn7)nc6)c5)c4)c3)cn2)nc1. The fourth-order valence-electron chi connectivity index (χ4n) is 5.29. The van der Waals surface area contributed by atoms with Crippen molar-refractivity contribution in [2.24, 2.45) is 0 Å². The Kier molecular flexibility index (Phi) is 7.78. The van der Waals surface area contributed by atoms with Crippen LogP contribution in [-0.2, 0) is 26.2 Å². The predicted molar refractivity (Wildman–Crippen MR) is 167 cm³/mol. The molecule has 0 aliphatic carbocycles. The van der Waals surface area contributed by atoms with Crippen molar-refractivity contribution in [1.29, 1.82) is 0 Å². The van der Waals surface area contributed by atoms with Crippen molar-refractivity contribution in [3.05, 3.63) is 169 Å². The topological polar surface area (TPSA) is 69.2 Å². The Bertz CT molecular complexity index is 1800. The van der Waals surface area contributed by atoms with Gasteiger partial charge in [0.1, 0.15) is 51.0 Å². The van der Waals surface area contributed by atoms with Crippen molar-refractivity contribution in [3.8, 4) is 22.8 Å². The maximum absolute atomic E-state index is 4.61. The predicted octanol–water partition coefficient (Wildman–Crippen LogP) is 4.97. The zero-order valence-corrected chi connectivity index (χ0v) is 24.3. The van der Waals surface area contributed by atoms with E-state index in [0.29, 0.717) is 0 Å². The largest absolute Gasteiger partial charge is 0.255 e. The van der Waals surface area contributed by atoms with Crippen LogP contribution in [0.5, 0.6) is 0 Å². The number of benzene rings is 1. The van der Waals surface area contributed by atoms with Crippen molar-refractivity contribution in [3.63, 3.8) is 0 Å².